The van der Waals surface area contributed by atoms with E-state index < -0.39 is 0 Å². The molecule has 1 aliphatic rings. The molecule has 2 N–H and O–H groups in total. The van der Waals surface area contributed by atoms with E-state index in [1.54, 1.807) is 0 Å². The van der Waals surface area contributed by atoms with Crippen molar-refractivity contribution < 1.29 is 9.59 Å². The molecule has 0 spiro atoms. The Hall–Kier alpha value is -1.56. The Kier molecular flexibility index (Phi) is 5.83. The maximum atomic E-state index is 12.0. The van der Waals surface area contributed by atoms with Gasteiger partial charge in [-0.05, 0) is 56.4 Å². The maximum Gasteiger partial charge on any atom is 0.319 e. The van der Waals surface area contributed by atoms with E-state index in [2.05, 4.69) is 26.6 Å². The van der Waals surface area contributed by atoms with E-state index >= 15 is 0 Å². The highest BCUT2D eigenvalue weighted by Crippen LogP contribution is 2.24. The predicted octanol–water partition coefficient (Wildman–Crippen LogP) is 3.20. The SMILES string of the molecule is Cc1cc(Br)cc(C)c1NC(=O)NCC(=O)N1CCCCC1. The molecule has 1 heterocycles. The first-order chi connectivity index (χ1) is 10.5. The molecular formula is C16H22BrN3O2. The van der Waals surface area contributed by atoms with Crippen LogP contribution >= 0.6 is 15.9 Å². The van der Waals surface area contributed by atoms with E-state index in [4.69, 9.17) is 0 Å². The van der Waals surface area contributed by atoms with Crippen molar-refractivity contribution in [2.75, 3.05) is 25.0 Å². The van der Waals surface area contributed by atoms with Crippen molar-refractivity contribution in [2.24, 2.45) is 0 Å². The lowest BCUT2D eigenvalue weighted by Gasteiger charge is -2.26. The lowest BCUT2D eigenvalue weighted by molar-refractivity contribution is -0.130. The third-order valence-electron chi connectivity index (χ3n) is 3.84. The lowest BCUT2D eigenvalue weighted by atomic mass is 10.1. The number of hydrogen-bond donors (Lipinski definition) is 2. The van der Waals surface area contributed by atoms with Crippen LogP contribution in [0.4, 0.5) is 10.5 Å². The van der Waals surface area contributed by atoms with Gasteiger partial charge in [0.15, 0.2) is 0 Å². The molecular weight excluding hydrogens is 346 g/mol. The maximum absolute atomic E-state index is 12.0. The molecule has 0 unspecified atom stereocenters. The average Bonchev–Trinajstić information content (AvgIpc) is 2.49. The molecule has 0 bridgehead atoms. The van der Waals surface area contributed by atoms with Crippen LogP contribution in [-0.2, 0) is 4.79 Å². The van der Waals surface area contributed by atoms with Crippen molar-refractivity contribution in [2.45, 2.75) is 33.1 Å². The van der Waals surface area contributed by atoms with E-state index in [1.807, 2.05) is 30.9 Å². The number of aryl methyl sites for hydroxylation is 2. The number of nitrogens with zero attached hydrogens (tertiary/aromatic N) is 1. The van der Waals surface area contributed by atoms with Crippen molar-refractivity contribution >= 4 is 33.6 Å². The van der Waals surface area contributed by atoms with Gasteiger partial charge in [-0.1, -0.05) is 15.9 Å². The number of amides is 3. The molecule has 2 rings (SSSR count). The van der Waals surface area contributed by atoms with Gasteiger partial charge >= 0.3 is 6.03 Å². The van der Waals surface area contributed by atoms with E-state index in [1.165, 1.54) is 6.42 Å². The van der Waals surface area contributed by atoms with Gasteiger partial charge in [-0.2, -0.15) is 0 Å². The number of anilines is 1. The van der Waals surface area contributed by atoms with Crippen LogP contribution in [0, 0.1) is 13.8 Å². The quantitative estimate of drug-likeness (QED) is 0.861. The van der Waals surface area contributed by atoms with Gasteiger partial charge in [0.25, 0.3) is 0 Å². The van der Waals surface area contributed by atoms with Gasteiger partial charge in [0.05, 0.1) is 6.54 Å². The summed E-state index contributed by atoms with van der Waals surface area (Å²) < 4.78 is 0.980. The first kappa shape index (κ1) is 16.8. The molecule has 3 amide bonds. The van der Waals surface area contributed by atoms with Crippen LogP contribution in [-0.4, -0.2) is 36.5 Å². The second-order valence-corrected chi connectivity index (χ2v) is 6.58. The lowest BCUT2D eigenvalue weighted by Crippen LogP contribution is -2.43. The summed E-state index contributed by atoms with van der Waals surface area (Å²) in [5.41, 5.74) is 2.74. The van der Waals surface area contributed by atoms with Crippen molar-refractivity contribution in [1.82, 2.24) is 10.2 Å². The second kappa shape index (κ2) is 7.63. The minimum atomic E-state index is -0.348. The standard InChI is InChI=1S/C16H22BrN3O2/c1-11-8-13(17)9-12(2)15(11)19-16(22)18-10-14(21)20-6-4-3-5-7-20/h8-9H,3-7,10H2,1-2H3,(H2,18,19,22). The minimum absolute atomic E-state index is 0.0147. The molecule has 0 saturated carbocycles. The molecule has 120 valence electrons. The van der Waals surface area contributed by atoms with Crippen LogP contribution < -0.4 is 10.6 Å². The number of carbonyl (C=O) groups excluding carboxylic acids is 2. The monoisotopic (exact) mass is 367 g/mol. The predicted molar refractivity (Wildman–Crippen MR) is 91.1 cm³/mol. The first-order valence-corrected chi connectivity index (χ1v) is 8.36. The van der Waals surface area contributed by atoms with Crippen molar-refractivity contribution in [1.29, 1.82) is 0 Å². The summed E-state index contributed by atoms with van der Waals surface area (Å²) in [5, 5.41) is 5.47. The van der Waals surface area contributed by atoms with Crippen LogP contribution in [0.2, 0.25) is 0 Å². The highest BCUT2D eigenvalue weighted by molar-refractivity contribution is 9.10. The Balaban J connectivity index is 1.87. The third-order valence-corrected chi connectivity index (χ3v) is 4.30. The van der Waals surface area contributed by atoms with Crippen LogP contribution in [0.3, 0.4) is 0 Å². The van der Waals surface area contributed by atoms with Crippen molar-refractivity contribution in [3.8, 4) is 0 Å². The molecule has 1 saturated heterocycles. The fraction of sp³-hybridized carbons (Fsp3) is 0.500. The number of likely N-dealkylation sites (tertiary alicyclic amines) is 1. The van der Waals surface area contributed by atoms with E-state index in [0.717, 1.165) is 47.2 Å². The van der Waals surface area contributed by atoms with Crippen LogP contribution in [0.25, 0.3) is 0 Å². The van der Waals surface area contributed by atoms with Gasteiger partial charge in [0.1, 0.15) is 0 Å². The Morgan fingerprint density at radius 2 is 1.73 bits per heavy atom. The number of rotatable bonds is 3. The highest BCUT2D eigenvalue weighted by Gasteiger charge is 2.17. The Bertz CT molecular complexity index is 546. The molecule has 0 atom stereocenters. The fourth-order valence-corrected chi connectivity index (χ4v) is 3.36. The highest BCUT2D eigenvalue weighted by atomic mass is 79.9. The second-order valence-electron chi connectivity index (χ2n) is 5.66. The number of benzene rings is 1. The van der Waals surface area contributed by atoms with E-state index in [0.29, 0.717) is 0 Å². The molecule has 1 aromatic carbocycles. The molecule has 0 aliphatic carbocycles. The summed E-state index contributed by atoms with van der Waals surface area (Å²) in [5.74, 6) is -0.0147. The number of urea groups is 1. The normalized spacial score (nSPS) is 14.6. The van der Waals surface area contributed by atoms with Gasteiger partial charge in [-0.25, -0.2) is 4.79 Å². The van der Waals surface area contributed by atoms with Gasteiger partial charge < -0.3 is 15.5 Å². The Morgan fingerprint density at radius 1 is 1.14 bits per heavy atom. The molecule has 1 aromatic rings. The van der Waals surface area contributed by atoms with E-state index in [9.17, 15) is 9.59 Å². The topological polar surface area (TPSA) is 61.4 Å². The van der Waals surface area contributed by atoms with Crippen molar-refractivity contribution in [3.05, 3.63) is 27.7 Å². The fourth-order valence-electron chi connectivity index (χ4n) is 2.68. The van der Waals surface area contributed by atoms with Crippen LogP contribution in [0.5, 0.6) is 0 Å². The largest absolute Gasteiger partial charge is 0.341 e. The zero-order chi connectivity index (χ0) is 16.1. The Labute approximate surface area is 139 Å². The summed E-state index contributed by atoms with van der Waals surface area (Å²) in [6.45, 7) is 5.51. The van der Waals surface area contributed by atoms with Gasteiger partial charge in [-0.15, -0.1) is 0 Å². The van der Waals surface area contributed by atoms with Crippen LogP contribution in [0.1, 0.15) is 30.4 Å². The average molecular weight is 368 g/mol. The molecule has 1 aliphatic heterocycles. The smallest absolute Gasteiger partial charge is 0.319 e. The zero-order valence-electron chi connectivity index (χ0n) is 13.0. The van der Waals surface area contributed by atoms with Crippen molar-refractivity contribution in [3.63, 3.8) is 0 Å². The summed E-state index contributed by atoms with van der Waals surface area (Å²) in [7, 11) is 0. The van der Waals surface area contributed by atoms with E-state index in [-0.39, 0.29) is 18.5 Å². The van der Waals surface area contributed by atoms with Gasteiger partial charge in [0.2, 0.25) is 5.91 Å². The summed E-state index contributed by atoms with van der Waals surface area (Å²) in [4.78, 5) is 25.8. The first-order valence-electron chi connectivity index (χ1n) is 7.57. The molecule has 6 heteroatoms. The molecule has 0 aromatic heterocycles. The number of carbonyl (C=O) groups is 2. The third kappa shape index (κ3) is 4.47. The van der Waals surface area contributed by atoms with Gasteiger partial charge in [-0.3, -0.25) is 4.79 Å². The van der Waals surface area contributed by atoms with Crippen LogP contribution in [0.15, 0.2) is 16.6 Å². The molecule has 5 nitrogen and oxygen atoms in total. The summed E-state index contributed by atoms with van der Waals surface area (Å²) >= 11 is 3.43. The number of piperidine rings is 1. The van der Waals surface area contributed by atoms with Gasteiger partial charge in [0, 0.05) is 23.2 Å². The molecule has 22 heavy (non-hydrogen) atoms. The number of hydrogen-bond acceptors (Lipinski definition) is 2. The minimum Gasteiger partial charge on any atom is -0.341 e. The molecule has 0 radical (unpaired) electrons. The number of halogens is 1. The Morgan fingerprint density at radius 3 is 2.32 bits per heavy atom. The molecule has 1 fully saturated rings. The zero-order valence-corrected chi connectivity index (χ0v) is 14.6. The summed E-state index contributed by atoms with van der Waals surface area (Å²) in [6.07, 6.45) is 3.28. The number of nitrogens with one attached hydrogen (secondary N) is 2. The summed E-state index contributed by atoms with van der Waals surface area (Å²) in [6, 6.07) is 3.54.